The standard InChI is InChI=1S/C22H25N7O4S/c1-22(2)14-28(34(30,31)27-22)10-9-24-20-23-8-7-17(25-20)19-18(26-21-29(19)11-12-33-21)15-5-4-6-16(13-15)32-3/h4-8,11-13,27H,9-10,14H2,1-3H3,(H,23,24,25). The third kappa shape index (κ3) is 4.22. The summed E-state index contributed by atoms with van der Waals surface area (Å²) in [7, 11) is -1.87. The third-order valence-electron chi connectivity index (χ3n) is 5.46. The van der Waals surface area contributed by atoms with Crippen molar-refractivity contribution >= 4 is 22.0 Å². The van der Waals surface area contributed by atoms with Crippen LogP contribution in [0.15, 0.2) is 53.4 Å². The zero-order valence-electron chi connectivity index (χ0n) is 19.0. The average Bonchev–Trinajstić information content (AvgIpc) is 3.44. The van der Waals surface area contributed by atoms with Crippen molar-refractivity contribution in [3.05, 3.63) is 49.0 Å². The van der Waals surface area contributed by atoms with Gasteiger partial charge >= 0.3 is 5.84 Å². The average molecular weight is 484 g/mol. The summed E-state index contributed by atoms with van der Waals surface area (Å²) in [4.78, 5) is 13.6. The van der Waals surface area contributed by atoms with Crippen molar-refractivity contribution in [1.29, 1.82) is 0 Å². The summed E-state index contributed by atoms with van der Waals surface area (Å²) < 4.78 is 41.3. The molecule has 0 amide bonds. The van der Waals surface area contributed by atoms with E-state index >= 15 is 0 Å². The first-order valence-electron chi connectivity index (χ1n) is 10.7. The van der Waals surface area contributed by atoms with E-state index in [0.29, 0.717) is 48.6 Å². The number of anilines is 1. The van der Waals surface area contributed by atoms with Gasteiger partial charge in [-0.25, -0.2) is 9.97 Å². The lowest BCUT2D eigenvalue weighted by Crippen LogP contribution is -2.36. The zero-order chi connectivity index (χ0) is 23.9. The summed E-state index contributed by atoms with van der Waals surface area (Å²) in [5.41, 5.74) is 2.44. The molecule has 3 aromatic heterocycles. The van der Waals surface area contributed by atoms with Gasteiger partial charge < -0.3 is 14.5 Å². The molecule has 12 heteroatoms. The van der Waals surface area contributed by atoms with Crippen LogP contribution in [-0.2, 0) is 10.2 Å². The van der Waals surface area contributed by atoms with Crippen LogP contribution in [0.1, 0.15) is 13.8 Å². The van der Waals surface area contributed by atoms with Gasteiger partial charge in [0.15, 0.2) is 0 Å². The number of nitrogens with zero attached hydrogens (tertiary/aromatic N) is 5. The Kier molecular flexibility index (Phi) is 5.50. The van der Waals surface area contributed by atoms with E-state index < -0.39 is 15.7 Å². The fourth-order valence-corrected chi connectivity index (χ4v) is 5.76. The maximum absolute atomic E-state index is 12.3. The van der Waals surface area contributed by atoms with Crippen LogP contribution < -0.4 is 14.8 Å². The van der Waals surface area contributed by atoms with E-state index in [9.17, 15) is 8.42 Å². The van der Waals surface area contributed by atoms with Gasteiger partial charge in [0.2, 0.25) is 5.95 Å². The summed E-state index contributed by atoms with van der Waals surface area (Å²) in [6.07, 6.45) is 4.99. The molecule has 4 aromatic rings. The summed E-state index contributed by atoms with van der Waals surface area (Å²) in [6.45, 7) is 4.76. The van der Waals surface area contributed by atoms with Crippen LogP contribution in [-0.4, -0.2) is 64.4 Å². The molecule has 0 saturated carbocycles. The first kappa shape index (κ1) is 22.3. The minimum atomic E-state index is -3.48. The molecule has 0 radical (unpaired) electrons. The van der Waals surface area contributed by atoms with Crippen molar-refractivity contribution in [1.82, 2.24) is 28.4 Å². The Morgan fingerprint density at radius 2 is 2.12 bits per heavy atom. The molecule has 178 valence electrons. The molecule has 0 bridgehead atoms. The third-order valence-corrected chi connectivity index (χ3v) is 7.27. The number of oxazole rings is 1. The Morgan fingerprint density at radius 3 is 2.88 bits per heavy atom. The second kappa shape index (κ2) is 8.38. The van der Waals surface area contributed by atoms with Gasteiger partial charge in [0.25, 0.3) is 10.2 Å². The smallest absolute Gasteiger partial charge is 0.306 e. The zero-order valence-corrected chi connectivity index (χ0v) is 19.8. The van der Waals surface area contributed by atoms with E-state index in [2.05, 4.69) is 25.0 Å². The van der Waals surface area contributed by atoms with Gasteiger partial charge in [-0.2, -0.15) is 22.4 Å². The number of ether oxygens (including phenoxy) is 1. The molecular weight excluding hydrogens is 458 g/mol. The Bertz CT molecular complexity index is 1440. The summed E-state index contributed by atoms with van der Waals surface area (Å²) in [6, 6.07) is 9.41. The SMILES string of the molecule is COc1cccc(-c2nc3occn3c2-c2ccnc(NCCN3CC(C)(C)NS3(=O)=O)n2)c1. The monoisotopic (exact) mass is 483 g/mol. The number of hydrogen-bond donors (Lipinski definition) is 2. The van der Waals surface area contributed by atoms with Crippen molar-refractivity contribution < 1.29 is 17.6 Å². The summed E-state index contributed by atoms with van der Waals surface area (Å²) in [5.74, 6) is 1.54. The molecule has 1 aliphatic rings. The maximum Gasteiger partial charge on any atom is 0.306 e. The first-order chi connectivity index (χ1) is 16.3. The molecule has 1 saturated heterocycles. The molecular formula is C22H25N7O4S. The van der Waals surface area contributed by atoms with E-state index in [1.54, 1.807) is 31.8 Å². The number of methoxy groups -OCH3 is 1. The normalized spacial score (nSPS) is 17.3. The molecule has 1 aromatic carbocycles. The Balaban J connectivity index is 1.41. The second-order valence-electron chi connectivity index (χ2n) is 8.61. The van der Waals surface area contributed by atoms with Crippen LogP contribution in [0.2, 0.25) is 0 Å². The molecule has 0 unspecified atom stereocenters. The molecule has 2 N–H and O–H groups in total. The Labute approximate surface area is 197 Å². The molecule has 5 rings (SSSR count). The number of fused-ring (bicyclic) bond motifs is 1. The highest BCUT2D eigenvalue weighted by atomic mass is 32.2. The molecule has 0 atom stereocenters. The summed E-state index contributed by atoms with van der Waals surface area (Å²) >= 11 is 0. The predicted octanol–water partition coefficient (Wildman–Crippen LogP) is 2.40. The number of rotatable bonds is 7. The second-order valence-corrected chi connectivity index (χ2v) is 10.3. The van der Waals surface area contributed by atoms with E-state index in [4.69, 9.17) is 9.15 Å². The molecule has 11 nitrogen and oxygen atoms in total. The van der Waals surface area contributed by atoms with Crippen LogP contribution in [0.3, 0.4) is 0 Å². The minimum Gasteiger partial charge on any atom is -0.497 e. The van der Waals surface area contributed by atoms with Crippen molar-refractivity contribution in [3.8, 4) is 28.4 Å². The van der Waals surface area contributed by atoms with E-state index in [1.165, 1.54) is 4.31 Å². The van der Waals surface area contributed by atoms with E-state index in [0.717, 1.165) is 11.3 Å². The quantitative estimate of drug-likeness (QED) is 0.410. The molecule has 1 aliphatic heterocycles. The number of hydrogen-bond acceptors (Lipinski definition) is 8. The van der Waals surface area contributed by atoms with Gasteiger partial charge in [0, 0.05) is 43.1 Å². The summed E-state index contributed by atoms with van der Waals surface area (Å²) in [5, 5.41) is 3.13. The molecule has 34 heavy (non-hydrogen) atoms. The largest absolute Gasteiger partial charge is 0.497 e. The minimum absolute atomic E-state index is 0.292. The molecule has 1 fully saturated rings. The number of imidazole rings is 1. The van der Waals surface area contributed by atoms with Crippen LogP contribution in [0.5, 0.6) is 5.75 Å². The topological polar surface area (TPSA) is 127 Å². The van der Waals surface area contributed by atoms with Crippen molar-refractivity contribution in [2.75, 3.05) is 32.1 Å². The molecule has 4 heterocycles. The van der Waals surface area contributed by atoms with Gasteiger partial charge in [-0.3, -0.25) is 4.40 Å². The van der Waals surface area contributed by atoms with Crippen LogP contribution in [0, 0.1) is 0 Å². The highest BCUT2D eigenvalue weighted by Crippen LogP contribution is 2.33. The lowest BCUT2D eigenvalue weighted by molar-refractivity contribution is 0.388. The van der Waals surface area contributed by atoms with E-state index in [-0.39, 0.29) is 0 Å². The van der Waals surface area contributed by atoms with Crippen LogP contribution in [0.4, 0.5) is 5.95 Å². The Hall–Kier alpha value is -3.48. The van der Waals surface area contributed by atoms with Crippen LogP contribution in [0.25, 0.3) is 28.5 Å². The van der Waals surface area contributed by atoms with Crippen molar-refractivity contribution in [3.63, 3.8) is 0 Å². The number of benzene rings is 1. The highest BCUT2D eigenvalue weighted by molar-refractivity contribution is 7.87. The number of aromatic nitrogens is 4. The van der Waals surface area contributed by atoms with Gasteiger partial charge in [-0.1, -0.05) is 12.1 Å². The van der Waals surface area contributed by atoms with Gasteiger partial charge in [0.1, 0.15) is 23.4 Å². The van der Waals surface area contributed by atoms with Gasteiger partial charge in [-0.05, 0) is 32.0 Å². The molecule has 0 aliphatic carbocycles. The predicted molar refractivity (Wildman–Crippen MR) is 127 cm³/mol. The molecule has 0 spiro atoms. The van der Waals surface area contributed by atoms with Gasteiger partial charge in [-0.15, -0.1) is 0 Å². The fraction of sp³-hybridized carbons (Fsp3) is 0.318. The first-order valence-corrected chi connectivity index (χ1v) is 12.2. The fourth-order valence-electron chi connectivity index (χ4n) is 4.04. The van der Waals surface area contributed by atoms with E-state index in [1.807, 2.05) is 42.5 Å². The lowest BCUT2D eigenvalue weighted by Gasteiger charge is -2.16. The highest BCUT2D eigenvalue weighted by Gasteiger charge is 2.40. The van der Waals surface area contributed by atoms with Crippen LogP contribution >= 0.6 is 0 Å². The van der Waals surface area contributed by atoms with Gasteiger partial charge in [0.05, 0.1) is 12.8 Å². The van der Waals surface area contributed by atoms with Crippen molar-refractivity contribution in [2.24, 2.45) is 0 Å². The Morgan fingerprint density at radius 1 is 1.26 bits per heavy atom. The lowest BCUT2D eigenvalue weighted by atomic mass is 10.1. The van der Waals surface area contributed by atoms with Crippen molar-refractivity contribution in [2.45, 2.75) is 19.4 Å². The number of nitrogens with one attached hydrogen (secondary N) is 2. The maximum atomic E-state index is 12.3.